The number of aryl methyl sites for hydroxylation is 2. The third-order valence-electron chi connectivity index (χ3n) is 5.66. The van der Waals surface area contributed by atoms with Gasteiger partial charge in [-0.15, -0.1) is 0 Å². The van der Waals surface area contributed by atoms with E-state index in [2.05, 4.69) is 41.5 Å². The fourth-order valence-electron chi connectivity index (χ4n) is 3.69. The highest BCUT2D eigenvalue weighted by Gasteiger charge is 2.15. The average molecular weight is 430 g/mol. The summed E-state index contributed by atoms with van der Waals surface area (Å²) >= 11 is 0. The van der Waals surface area contributed by atoms with E-state index in [9.17, 15) is 9.59 Å². The van der Waals surface area contributed by atoms with Gasteiger partial charge in [0.25, 0.3) is 5.56 Å². The number of fused-ring (bicyclic) bond motifs is 1. The molecule has 164 valence electrons. The van der Waals surface area contributed by atoms with Gasteiger partial charge in [0.2, 0.25) is 5.91 Å². The highest BCUT2D eigenvalue weighted by atomic mass is 16.2. The molecule has 0 aliphatic rings. The molecule has 0 aliphatic heterocycles. The van der Waals surface area contributed by atoms with Crippen molar-refractivity contribution in [2.45, 2.75) is 39.7 Å². The number of nitrogens with zero attached hydrogens (tertiary/aromatic N) is 4. The van der Waals surface area contributed by atoms with Crippen molar-refractivity contribution in [2.75, 3.05) is 6.54 Å². The van der Waals surface area contributed by atoms with Crippen molar-refractivity contribution in [1.82, 2.24) is 24.7 Å². The standard InChI is InChI=1S/C25H27N5O2/c1-4-19-10-12-21(13-11-19)22-14-23-25(32)29(27-18(3)30(23)28-22)16-24(31)26-15-17(2)20-8-6-5-7-9-20/h5-14,17H,4,15-16H2,1-3H3,(H,26,31)/t17-/m1/s1. The lowest BCUT2D eigenvalue weighted by atomic mass is 10.0. The number of hydrogen-bond acceptors (Lipinski definition) is 4. The number of benzene rings is 2. The SMILES string of the molecule is CCc1ccc(-c2cc3c(=O)n(CC(=O)NC[C@@H](C)c4ccccc4)nc(C)n3n2)cc1. The molecule has 0 unspecified atom stereocenters. The fraction of sp³-hybridized carbons (Fsp3) is 0.280. The van der Waals surface area contributed by atoms with Gasteiger partial charge in [-0.05, 0) is 36.5 Å². The molecule has 2 aromatic heterocycles. The molecule has 0 fully saturated rings. The van der Waals surface area contributed by atoms with Crippen molar-refractivity contribution in [3.8, 4) is 11.3 Å². The maximum absolute atomic E-state index is 13.0. The number of aromatic nitrogens is 4. The predicted octanol–water partition coefficient (Wildman–Crippen LogP) is 3.35. The Bertz CT molecular complexity index is 1290. The van der Waals surface area contributed by atoms with Gasteiger partial charge in [0.1, 0.15) is 17.9 Å². The second kappa shape index (κ2) is 9.18. The monoisotopic (exact) mass is 429 g/mol. The smallest absolute Gasteiger partial charge is 0.293 e. The van der Waals surface area contributed by atoms with Crippen LogP contribution in [-0.4, -0.2) is 31.8 Å². The average Bonchev–Trinajstić information content (AvgIpc) is 3.28. The first-order valence-corrected chi connectivity index (χ1v) is 10.8. The van der Waals surface area contributed by atoms with Crippen LogP contribution in [0, 0.1) is 6.92 Å². The van der Waals surface area contributed by atoms with Crippen molar-refractivity contribution in [3.63, 3.8) is 0 Å². The van der Waals surface area contributed by atoms with Crippen molar-refractivity contribution in [1.29, 1.82) is 0 Å². The molecule has 0 radical (unpaired) electrons. The number of amides is 1. The first kappa shape index (κ1) is 21.5. The van der Waals surface area contributed by atoms with Crippen molar-refractivity contribution >= 4 is 11.4 Å². The first-order chi connectivity index (χ1) is 15.5. The van der Waals surface area contributed by atoms with Crippen molar-refractivity contribution in [2.24, 2.45) is 0 Å². The number of rotatable bonds is 7. The van der Waals surface area contributed by atoms with Crippen LogP contribution in [-0.2, 0) is 17.8 Å². The van der Waals surface area contributed by atoms with Crippen LogP contribution < -0.4 is 10.9 Å². The number of carbonyl (C=O) groups is 1. The van der Waals surface area contributed by atoms with E-state index in [4.69, 9.17) is 0 Å². The summed E-state index contributed by atoms with van der Waals surface area (Å²) in [6.45, 7) is 6.29. The van der Waals surface area contributed by atoms with Crippen LogP contribution in [0.25, 0.3) is 16.8 Å². The summed E-state index contributed by atoms with van der Waals surface area (Å²) < 4.78 is 2.75. The Morgan fingerprint density at radius 3 is 2.47 bits per heavy atom. The van der Waals surface area contributed by atoms with Gasteiger partial charge in [-0.3, -0.25) is 9.59 Å². The molecule has 1 amide bonds. The lowest BCUT2D eigenvalue weighted by molar-refractivity contribution is -0.121. The second-order valence-corrected chi connectivity index (χ2v) is 8.00. The van der Waals surface area contributed by atoms with Gasteiger partial charge < -0.3 is 5.32 Å². The largest absolute Gasteiger partial charge is 0.354 e. The summed E-state index contributed by atoms with van der Waals surface area (Å²) in [4.78, 5) is 25.5. The van der Waals surface area contributed by atoms with E-state index in [1.54, 1.807) is 13.0 Å². The Morgan fingerprint density at radius 2 is 1.78 bits per heavy atom. The second-order valence-electron chi connectivity index (χ2n) is 8.00. The molecule has 4 rings (SSSR count). The van der Waals surface area contributed by atoms with Gasteiger partial charge in [0.15, 0.2) is 0 Å². The summed E-state index contributed by atoms with van der Waals surface area (Å²) in [6, 6.07) is 19.9. The highest BCUT2D eigenvalue weighted by molar-refractivity contribution is 5.75. The van der Waals surface area contributed by atoms with Crippen LogP contribution in [0.4, 0.5) is 0 Å². The number of carbonyl (C=O) groups excluding carboxylic acids is 1. The summed E-state index contributed by atoms with van der Waals surface area (Å²) in [6.07, 6.45) is 0.964. The van der Waals surface area contributed by atoms with Gasteiger partial charge >= 0.3 is 0 Å². The molecule has 1 atom stereocenters. The summed E-state index contributed by atoms with van der Waals surface area (Å²) in [7, 11) is 0. The quantitative estimate of drug-likeness (QED) is 0.489. The van der Waals surface area contributed by atoms with Crippen LogP contribution in [0.15, 0.2) is 65.5 Å². The van der Waals surface area contributed by atoms with Gasteiger partial charge in [0.05, 0.1) is 5.69 Å². The zero-order valence-corrected chi connectivity index (χ0v) is 18.6. The van der Waals surface area contributed by atoms with E-state index in [1.165, 1.54) is 14.8 Å². The molecule has 32 heavy (non-hydrogen) atoms. The van der Waals surface area contributed by atoms with Gasteiger partial charge in [0, 0.05) is 12.1 Å². The Labute approximate surface area is 186 Å². The van der Waals surface area contributed by atoms with Gasteiger partial charge in [-0.25, -0.2) is 9.20 Å². The summed E-state index contributed by atoms with van der Waals surface area (Å²) in [5.41, 5.74) is 4.09. The Morgan fingerprint density at radius 1 is 1.06 bits per heavy atom. The minimum Gasteiger partial charge on any atom is -0.354 e. The molecule has 4 aromatic rings. The molecular formula is C25H27N5O2. The molecule has 2 aromatic carbocycles. The molecule has 0 bridgehead atoms. The van der Waals surface area contributed by atoms with Crippen LogP contribution >= 0.6 is 0 Å². The van der Waals surface area contributed by atoms with E-state index in [-0.39, 0.29) is 23.9 Å². The topological polar surface area (TPSA) is 81.3 Å². The molecule has 0 aliphatic carbocycles. The molecule has 0 spiro atoms. The number of nitrogens with one attached hydrogen (secondary N) is 1. The van der Waals surface area contributed by atoms with Crippen LogP contribution in [0.5, 0.6) is 0 Å². The van der Waals surface area contributed by atoms with E-state index in [1.807, 2.05) is 42.5 Å². The van der Waals surface area contributed by atoms with Crippen molar-refractivity contribution < 1.29 is 4.79 Å². The van der Waals surface area contributed by atoms with Crippen molar-refractivity contribution in [3.05, 3.63) is 88.0 Å². The van der Waals surface area contributed by atoms with E-state index in [0.29, 0.717) is 23.6 Å². The Kier molecular flexibility index (Phi) is 6.16. The molecule has 1 N–H and O–H groups in total. The van der Waals surface area contributed by atoms with Gasteiger partial charge in [-0.1, -0.05) is 68.4 Å². The van der Waals surface area contributed by atoms with Crippen LogP contribution in [0.2, 0.25) is 0 Å². The molecule has 7 nitrogen and oxygen atoms in total. The number of hydrogen-bond donors (Lipinski definition) is 1. The maximum Gasteiger partial charge on any atom is 0.293 e. The Hall–Kier alpha value is -3.74. The highest BCUT2D eigenvalue weighted by Crippen LogP contribution is 2.20. The van der Waals surface area contributed by atoms with E-state index >= 15 is 0 Å². The first-order valence-electron chi connectivity index (χ1n) is 10.8. The van der Waals surface area contributed by atoms with Gasteiger partial charge in [-0.2, -0.15) is 10.2 Å². The Balaban J connectivity index is 1.52. The third kappa shape index (κ3) is 4.46. The molecular weight excluding hydrogens is 402 g/mol. The maximum atomic E-state index is 13.0. The van der Waals surface area contributed by atoms with Crippen LogP contribution in [0.1, 0.15) is 36.7 Å². The minimum atomic E-state index is -0.342. The van der Waals surface area contributed by atoms with Crippen LogP contribution in [0.3, 0.4) is 0 Å². The normalized spacial score (nSPS) is 12.1. The fourth-order valence-corrected chi connectivity index (χ4v) is 3.69. The lowest BCUT2D eigenvalue weighted by Gasteiger charge is -2.13. The van der Waals surface area contributed by atoms with E-state index < -0.39 is 0 Å². The third-order valence-corrected chi connectivity index (χ3v) is 5.66. The minimum absolute atomic E-state index is 0.136. The lowest BCUT2D eigenvalue weighted by Crippen LogP contribution is -2.36. The summed E-state index contributed by atoms with van der Waals surface area (Å²) in [5, 5.41) is 11.8. The molecule has 0 saturated carbocycles. The zero-order chi connectivity index (χ0) is 22.7. The molecule has 0 saturated heterocycles. The molecule has 7 heteroatoms. The summed E-state index contributed by atoms with van der Waals surface area (Å²) in [5.74, 6) is 0.466. The predicted molar refractivity (Wildman–Crippen MR) is 125 cm³/mol. The van der Waals surface area contributed by atoms with E-state index in [0.717, 1.165) is 17.5 Å². The molecule has 2 heterocycles. The zero-order valence-electron chi connectivity index (χ0n) is 18.6.